The van der Waals surface area contributed by atoms with Crippen molar-refractivity contribution in [3.63, 3.8) is 0 Å². The molecular formula is C24H33N2O3P. The second-order valence-corrected chi connectivity index (χ2v) is 9.40. The van der Waals surface area contributed by atoms with E-state index < -0.39 is 0 Å². The van der Waals surface area contributed by atoms with Gasteiger partial charge in [0.1, 0.15) is 12.0 Å². The fourth-order valence-corrected chi connectivity index (χ4v) is 5.50. The zero-order valence-corrected chi connectivity index (χ0v) is 19.2. The van der Waals surface area contributed by atoms with Crippen LogP contribution in [0.2, 0.25) is 0 Å². The number of benzene rings is 1. The Morgan fingerprint density at radius 3 is 2.70 bits per heavy atom. The van der Waals surface area contributed by atoms with Gasteiger partial charge < -0.3 is 19.6 Å². The largest absolute Gasteiger partial charge is 0.496 e. The van der Waals surface area contributed by atoms with E-state index in [0.29, 0.717) is 14.5 Å². The summed E-state index contributed by atoms with van der Waals surface area (Å²) < 4.78 is 5.37. The summed E-state index contributed by atoms with van der Waals surface area (Å²) in [5, 5.41) is 10.2. The molecule has 0 amide bonds. The third kappa shape index (κ3) is 5.60. The van der Waals surface area contributed by atoms with Crippen LogP contribution in [0.1, 0.15) is 24.0 Å². The van der Waals surface area contributed by atoms with Crippen LogP contribution in [0.5, 0.6) is 5.75 Å². The highest BCUT2D eigenvalue weighted by Gasteiger charge is 2.24. The fourth-order valence-electron chi connectivity index (χ4n) is 4.22. The third-order valence-corrected chi connectivity index (χ3v) is 7.64. The second kappa shape index (κ2) is 10.9. The minimum Gasteiger partial charge on any atom is -0.496 e. The van der Waals surface area contributed by atoms with E-state index in [-0.39, 0.29) is 12.4 Å². The molecule has 162 valence electrons. The zero-order chi connectivity index (χ0) is 21.5. The maximum absolute atomic E-state index is 11.3. The van der Waals surface area contributed by atoms with Crippen molar-refractivity contribution in [3.05, 3.63) is 59.3 Å². The van der Waals surface area contributed by atoms with Crippen LogP contribution in [0, 0.1) is 12.8 Å². The molecule has 2 aliphatic heterocycles. The number of β-amino-alcohol motifs (C(OH)–C–C–N with tert-alkyl or cyclic N) is 1. The number of hydrogen-bond donors (Lipinski definition) is 1. The molecule has 0 spiro atoms. The molecule has 30 heavy (non-hydrogen) atoms. The Morgan fingerprint density at radius 1 is 1.33 bits per heavy atom. The maximum Gasteiger partial charge on any atom is 0.143 e. The van der Waals surface area contributed by atoms with Crippen molar-refractivity contribution in [1.29, 1.82) is 0 Å². The number of likely N-dealkylation sites (tertiary alicyclic amines) is 1. The van der Waals surface area contributed by atoms with Crippen LogP contribution in [-0.2, 0) is 4.79 Å². The van der Waals surface area contributed by atoms with Crippen LogP contribution < -0.4 is 4.74 Å². The molecule has 6 heteroatoms. The monoisotopic (exact) mass is 428 g/mol. The first-order valence-corrected chi connectivity index (χ1v) is 11.7. The Morgan fingerprint density at radius 2 is 2.10 bits per heavy atom. The number of aryl methyl sites for hydroxylation is 1. The molecule has 0 aromatic heterocycles. The molecule has 2 unspecified atom stereocenters. The summed E-state index contributed by atoms with van der Waals surface area (Å²) in [6.07, 6.45) is 11.7. The van der Waals surface area contributed by atoms with Gasteiger partial charge in [0.15, 0.2) is 0 Å². The number of likely N-dealkylation sites (N-methyl/N-ethyl adjacent to an activating group) is 1. The SMILES string of the molecule is COc1ccc(/C(=C/C=O)PC2C=CC(C3CCN(CCO)CC3)=CN2C)cc1C. The van der Waals surface area contributed by atoms with Gasteiger partial charge in [-0.15, -0.1) is 0 Å². The summed E-state index contributed by atoms with van der Waals surface area (Å²) in [6, 6.07) is 6.09. The molecule has 5 nitrogen and oxygen atoms in total. The number of aldehydes is 1. The minimum absolute atomic E-state index is 0.239. The highest BCUT2D eigenvalue weighted by Crippen LogP contribution is 2.42. The van der Waals surface area contributed by atoms with Gasteiger partial charge >= 0.3 is 0 Å². The number of carbonyl (C=O) groups is 1. The van der Waals surface area contributed by atoms with Crippen molar-refractivity contribution < 1.29 is 14.6 Å². The quantitative estimate of drug-likeness (QED) is 0.389. The molecule has 0 aliphatic carbocycles. The second-order valence-electron chi connectivity index (χ2n) is 7.98. The van der Waals surface area contributed by atoms with E-state index >= 15 is 0 Å². The van der Waals surface area contributed by atoms with Gasteiger partial charge in [-0.25, -0.2) is 0 Å². The zero-order valence-electron chi connectivity index (χ0n) is 18.2. The topological polar surface area (TPSA) is 53.0 Å². The van der Waals surface area contributed by atoms with E-state index in [1.807, 2.05) is 19.1 Å². The standard InChI is InChI=1S/C24H33N2O3P/c1-18-16-20(4-6-22(18)29-3)23(10-14-27)30-24-7-5-21(17-25(24)2)19-8-11-26(12-9-19)13-15-28/h4-7,10,14,16-17,19,24,28,30H,8-9,11-13,15H2,1-3H3/b23-10-. The van der Waals surface area contributed by atoms with Gasteiger partial charge in [-0.2, -0.15) is 0 Å². The van der Waals surface area contributed by atoms with E-state index in [9.17, 15) is 4.79 Å². The molecular weight excluding hydrogens is 395 g/mol. The molecule has 3 rings (SSSR count). The lowest BCUT2D eigenvalue weighted by Crippen LogP contribution is -2.36. The summed E-state index contributed by atoms with van der Waals surface area (Å²) in [5.74, 6) is 1.69. The number of rotatable bonds is 8. The van der Waals surface area contributed by atoms with Crippen molar-refractivity contribution in [3.8, 4) is 5.75 Å². The normalized spacial score (nSPS) is 21.3. The lowest BCUT2D eigenvalue weighted by atomic mass is 9.88. The number of methoxy groups -OCH3 is 1. The number of piperidine rings is 1. The average Bonchev–Trinajstić information content (AvgIpc) is 2.75. The van der Waals surface area contributed by atoms with Crippen molar-refractivity contribution in [2.24, 2.45) is 5.92 Å². The maximum atomic E-state index is 11.3. The van der Waals surface area contributed by atoms with Gasteiger partial charge in [0.05, 0.1) is 19.5 Å². The van der Waals surface area contributed by atoms with Gasteiger partial charge in [-0.1, -0.05) is 26.8 Å². The van der Waals surface area contributed by atoms with Crippen LogP contribution in [-0.4, -0.2) is 67.4 Å². The fraction of sp³-hybridized carbons (Fsp3) is 0.458. The average molecular weight is 429 g/mol. The van der Waals surface area contributed by atoms with Crippen molar-refractivity contribution >= 4 is 20.2 Å². The molecule has 0 saturated carbocycles. The lowest BCUT2D eigenvalue weighted by molar-refractivity contribution is -0.104. The first kappa shape index (κ1) is 22.7. The molecule has 1 aromatic carbocycles. The van der Waals surface area contributed by atoms with Crippen molar-refractivity contribution in [2.75, 3.05) is 40.4 Å². The van der Waals surface area contributed by atoms with Crippen LogP contribution >= 0.6 is 8.58 Å². The lowest BCUT2D eigenvalue weighted by Gasteiger charge is -2.35. The molecule has 0 bridgehead atoms. The van der Waals surface area contributed by atoms with Crippen LogP contribution in [0.4, 0.5) is 0 Å². The molecule has 1 aromatic rings. The van der Waals surface area contributed by atoms with E-state index in [2.05, 4.69) is 41.3 Å². The van der Waals surface area contributed by atoms with E-state index in [1.54, 1.807) is 13.2 Å². The van der Waals surface area contributed by atoms with E-state index in [0.717, 1.165) is 61.0 Å². The van der Waals surface area contributed by atoms with Gasteiger partial charge in [-0.05, 0) is 79.0 Å². The first-order valence-electron chi connectivity index (χ1n) is 10.6. The Hall–Kier alpha value is -1.94. The smallest absolute Gasteiger partial charge is 0.143 e. The van der Waals surface area contributed by atoms with E-state index in [4.69, 9.17) is 9.84 Å². The summed E-state index contributed by atoms with van der Waals surface area (Å²) in [6.45, 7) is 5.14. The number of nitrogens with zero attached hydrogens (tertiary/aromatic N) is 2. The van der Waals surface area contributed by atoms with Gasteiger partial charge in [0, 0.05) is 19.8 Å². The number of ether oxygens (including phenoxy) is 1. The molecule has 2 heterocycles. The van der Waals surface area contributed by atoms with Crippen LogP contribution in [0.3, 0.4) is 0 Å². The van der Waals surface area contributed by atoms with Gasteiger partial charge in [0.2, 0.25) is 0 Å². The predicted octanol–water partition coefficient (Wildman–Crippen LogP) is 3.64. The molecule has 1 fully saturated rings. The summed E-state index contributed by atoms with van der Waals surface area (Å²) in [5.41, 5.74) is 3.54. The summed E-state index contributed by atoms with van der Waals surface area (Å²) in [4.78, 5) is 15.9. The third-order valence-electron chi connectivity index (χ3n) is 5.98. The Balaban J connectivity index is 1.66. The molecule has 1 saturated heterocycles. The molecule has 2 aliphatic rings. The highest BCUT2D eigenvalue weighted by atomic mass is 31.1. The number of hydrogen-bond acceptors (Lipinski definition) is 5. The van der Waals surface area contributed by atoms with Crippen LogP contribution in [0.25, 0.3) is 5.31 Å². The number of aliphatic hydroxyl groups excluding tert-OH is 1. The highest BCUT2D eigenvalue weighted by molar-refractivity contribution is 7.51. The number of carbonyl (C=O) groups excluding carboxylic acids is 1. The Kier molecular flexibility index (Phi) is 8.26. The molecule has 2 atom stereocenters. The van der Waals surface area contributed by atoms with Gasteiger partial charge in [0.25, 0.3) is 0 Å². The number of aliphatic hydroxyl groups is 1. The Bertz CT molecular complexity index is 826. The van der Waals surface area contributed by atoms with Gasteiger partial charge in [-0.3, -0.25) is 4.79 Å². The van der Waals surface area contributed by atoms with Crippen molar-refractivity contribution in [2.45, 2.75) is 25.5 Å². The van der Waals surface area contributed by atoms with E-state index in [1.165, 1.54) is 5.57 Å². The predicted molar refractivity (Wildman–Crippen MR) is 125 cm³/mol. The van der Waals surface area contributed by atoms with Crippen molar-refractivity contribution in [1.82, 2.24) is 9.80 Å². The number of allylic oxidation sites excluding steroid dienone is 3. The molecule has 0 radical (unpaired) electrons. The Labute approximate surface area is 181 Å². The van der Waals surface area contributed by atoms with Crippen LogP contribution in [0.15, 0.2) is 48.2 Å². The molecule has 1 N–H and O–H groups in total. The first-order chi connectivity index (χ1) is 14.5. The summed E-state index contributed by atoms with van der Waals surface area (Å²) in [7, 11) is 4.27. The minimum atomic E-state index is 0.239. The summed E-state index contributed by atoms with van der Waals surface area (Å²) >= 11 is 0.